The fourth-order valence-electron chi connectivity index (χ4n) is 1.77. The summed E-state index contributed by atoms with van der Waals surface area (Å²) in [5.74, 6) is 1.14. The Balaban J connectivity index is 2.37. The summed E-state index contributed by atoms with van der Waals surface area (Å²) in [4.78, 5) is 1.30. The lowest BCUT2D eigenvalue weighted by Gasteiger charge is -2.17. The average molecular weight is 286 g/mol. The molecule has 0 amide bonds. The highest BCUT2D eigenvalue weighted by Gasteiger charge is 2.07. The Morgan fingerprint density at radius 1 is 1.17 bits per heavy atom. The lowest BCUT2D eigenvalue weighted by Crippen LogP contribution is -2.31. The van der Waals surface area contributed by atoms with Gasteiger partial charge in [-0.3, -0.25) is 0 Å². The van der Waals surface area contributed by atoms with Crippen molar-refractivity contribution in [2.75, 3.05) is 12.3 Å². The van der Waals surface area contributed by atoms with Gasteiger partial charge in [0.2, 0.25) is 0 Å². The maximum absolute atomic E-state index is 5.89. The molecule has 0 radical (unpaired) electrons. The summed E-state index contributed by atoms with van der Waals surface area (Å²) in [6, 6.07) is 8.76. The van der Waals surface area contributed by atoms with Crippen LogP contribution in [0.5, 0.6) is 0 Å². The topological polar surface area (TPSA) is 12.0 Å². The molecule has 18 heavy (non-hydrogen) atoms. The van der Waals surface area contributed by atoms with Gasteiger partial charge in [-0.15, -0.1) is 11.8 Å². The molecule has 1 N–H and O–H groups in total. The van der Waals surface area contributed by atoms with Gasteiger partial charge in [-0.25, -0.2) is 0 Å². The second-order valence-corrected chi connectivity index (χ2v) is 6.09. The monoisotopic (exact) mass is 285 g/mol. The van der Waals surface area contributed by atoms with Gasteiger partial charge < -0.3 is 5.32 Å². The summed E-state index contributed by atoms with van der Waals surface area (Å²) in [5, 5.41) is 4.45. The van der Waals surface area contributed by atoms with Crippen molar-refractivity contribution >= 4 is 23.4 Å². The van der Waals surface area contributed by atoms with Gasteiger partial charge in [0.25, 0.3) is 0 Å². The van der Waals surface area contributed by atoms with E-state index < -0.39 is 0 Å². The van der Waals surface area contributed by atoms with E-state index in [1.807, 2.05) is 23.9 Å². The number of halogens is 1. The molecule has 0 fully saturated rings. The Morgan fingerprint density at radius 3 is 2.50 bits per heavy atom. The van der Waals surface area contributed by atoms with Crippen LogP contribution in [-0.4, -0.2) is 18.3 Å². The summed E-state index contributed by atoms with van der Waals surface area (Å²) in [5.41, 5.74) is 0. The van der Waals surface area contributed by atoms with Crippen LogP contribution < -0.4 is 5.32 Å². The standard InChI is InChI=1S/C15H24ClNS/c1-3-5-6-14(17-11-4-2)12-18-15-9-7-13(16)8-10-15/h7-10,14,17H,3-6,11-12H2,1-2H3. The molecule has 0 bridgehead atoms. The molecule has 1 aromatic rings. The van der Waals surface area contributed by atoms with E-state index in [-0.39, 0.29) is 0 Å². The van der Waals surface area contributed by atoms with E-state index in [4.69, 9.17) is 11.6 Å². The molecule has 1 nitrogen and oxygen atoms in total. The van der Waals surface area contributed by atoms with Crippen molar-refractivity contribution in [1.82, 2.24) is 5.32 Å². The predicted octanol–water partition coefficient (Wildman–Crippen LogP) is 4.99. The SMILES string of the molecule is CCCCC(CSc1ccc(Cl)cc1)NCCC. The number of hydrogen-bond acceptors (Lipinski definition) is 2. The van der Waals surface area contributed by atoms with Gasteiger partial charge in [0.1, 0.15) is 0 Å². The Bertz CT molecular complexity index is 305. The first-order valence-electron chi connectivity index (χ1n) is 6.88. The van der Waals surface area contributed by atoms with E-state index in [1.165, 1.54) is 30.6 Å². The van der Waals surface area contributed by atoms with Gasteiger partial charge in [0.15, 0.2) is 0 Å². The molecule has 0 spiro atoms. The first kappa shape index (κ1) is 15.9. The number of benzene rings is 1. The molecule has 0 aromatic heterocycles. The highest BCUT2D eigenvalue weighted by atomic mass is 35.5. The zero-order valence-electron chi connectivity index (χ0n) is 11.4. The first-order chi connectivity index (χ1) is 8.76. The summed E-state index contributed by atoms with van der Waals surface area (Å²) in [7, 11) is 0. The molecular weight excluding hydrogens is 262 g/mol. The number of unbranched alkanes of at least 4 members (excludes halogenated alkanes) is 1. The van der Waals surface area contributed by atoms with Crippen LogP contribution in [0, 0.1) is 0 Å². The second kappa shape index (κ2) is 9.71. The Kier molecular flexibility index (Phi) is 8.57. The molecule has 0 heterocycles. The van der Waals surface area contributed by atoms with Crippen molar-refractivity contribution in [2.45, 2.75) is 50.5 Å². The average Bonchev–Trinajstić information content (AvgIpc) is 2.40. The lowest BCUT2D eigenvalue weighted by molar-refractivity contribution is 0.501. The quantitative estimate of drug-likeness (QED) is 0.642. The zero-order chi connectivity index (χ0) is 13.2. The van der Waals surface area contributed by atoms with Gasteiger partial charge in [0.05, 0.1) is 0 Å². The zero-order valence-corrected chi connectivity index (χ0v) is 13.0. The van der Waals surface area contributed by atoms with Crippen molar-refractivity contribution in [2.24, 2.45) is 0 Å². The van der Waals surface area contributed by atoms with Crippen molar-refractivity contribution in [1.29, 1.82) is 0 Å². The van der Waals surface area contributed by atoms with Crippen molar-refractivity contribution in [3.63, 3.8) is 0 Å². The Hall–Kier alpha value is -0.180. The highest BCUT2D eigenvalue weighted by molar-refractivity contribution is 7.99. The molecule has 0 saturated carbocycles. The lowest BCUT2D eigenvalue weighted by atomic mass is 10.1. The molecule has 1 atom stereocenters. The van der Waals surface area contributed by atoms with E-state index >= 15 is 0 Å². The van der Waals surface area contributed by atoms with Crippen LogP contribution in [0.4, 0.5) is 0 Å². The highest BCUT2D eigenvalue weighted by Crippen LogP contribution is 2.22. The molecule has 0 saturated heterocycles. The largest absolute Gasteiger partial charge is 0.313 e. The molecule has 1 aromatic carbocycles. The molecule has 0 aliphatic rings. The normalized spacial score (nSPS) is 12.6. The van der Waals surface area contributed by atoms with Gasteiger partial charge >= 0.3 is 0 Å². The van der Waals surface area contributed by atoms with Gasteiger partial charge in [-0.2, -0.15) is 0 Å². The van der Waals surface area contributed by atoms with Crippen molar-refractivity contribution < 1.29 is 0 Å². The van der Waals surface area contributed by atoms with E-state index in [2.05, 4.69) is 31.3 Å². The van der Waals surface area contributed by atoms with Crippen LogP contribution in [0.1, 0.15) is 39.5 Å². The van der Waals surface area contributed by atoms with Crippen LogP contribution in [0.2, 0.25) is 5.02 Å². The van der Waals surface area contributed by atoms with Crippen LogP contribution in [-0.2, 0) is 0 Å². The van der Waals surface area contributed by atoms with Gasteiger partial charge in [-0.05, 0) is 43.7 Å². The summed E-state index contributed by atoms with van der Waals surface area (Å²) < 4.78 is 0. The third-order valence-corrected chi connectivity index (χ3v) is 4.28. The molecule has 1 rings (SSSR count). The third kappa shape index (κ3) is 6.67. The summed E-state index contributed by atoms with van der Waals surface area (Å²) in [6.45, 7) is 5.59. The van der Waals surface area contributed by atoms with E-state index in [9.17, 15) is 0 Å². The maximum Gasteiger partial charge on any atom is 0.0406 e. The molecule has 3 heteroatoms. The van der Waals surface area contributed by atoms with Crippen molar-refractivity contribution in [3.8, 4) is 0 Å². The molecule has 0 aliphatic heterocycles. The Morgan fingerprint density at radius 2 is 1.89 bits per heavy atom. The fraction of sp³-hybridized carbons (Fsp3) is 0.600. The maximum atomic E-state index is 5.89. The predicted molar refractivity (Wildman–Crippen MR) is 83.8 cm³/mol. The second-order valence-electron chi connectivity index (χ2n) is 4.56. The molecule has 0 aliphatic carbocycles. The van der Waals surface area contributed by atoms with E-state index in [1.54, 1.807) is 0 Å². The number of rotatable bonds is 9. The van der Waals surface area contributed by atoms with E-state index in [0.29, 0.717) is 6.04 Å². The summed E-state index contributed by atoms with van der Waals surface area (Å²) >= 11 is 7.81. The van der Waals surface area contributed by atoms with Crippen molar-refractivity contribution in [3.05, 3.63) is 29.3 Å². The number of thioether (sulfide) groups is 1. The molecule has 1 unspecified atom stereocenters. The van der Waals surface area contributed by atoms with Crippen LogP contribution >= 0.6 is 23.4 Å². The molecule has 102 valence electrons. The number of hydrogen-bond donors (Lipinski definition) is 1. The minimum atomic E-state index is 0.630. The fourth-order valence-corrected chi connectivity index (χ4v) is 2.90. The molecular formula is C15H24ClNS. The van der Waals surface area contributed by atoms with Crippen LogP contribution in [0.15, 0.2) is 29.2 Å². The first-order valence-corrected chi connectivity index (χ1v) is 8.24. The number of nitrogens with one attached hydrogen (secondary N) is 1. The third-order valence-electron chi connectivity index (χ3n) is 2.85. The van der Waals surface area contributed by atoms with Crippen LogP contribution in [0.3, 0.4) is 0 Å². The minimum Gasteiger partial charge on any atom is -0.313 e. The smallest absolute Gasteiger partial charge is 0.0406 e. The summed E-state index contributed by atoms with van der Waals surface area (Å²) in [6.07, 6.45) is 5.06. The Labute approximate surface area is 121 Å². The van der Waals surface area contributed by atoms with Gasteiger partial charge in [0, 0.05) is 21.7 Å². The van der Waals surface area contributed by atoms with E-state index in [0.717, 1.165) is 17.3 Å². The van der Waals surface area contributed by atoms with Crippen LogP contribution in [0.25, 0.3) is 0 Å². The minimum absolute atomic E-state index is 0.630. The van der Waals surface area contributed by atoms with Gasteiger partial charge in [-0.1, -0.05) is 38.3 Å².